The molecule has 8 heteroatoms. The van der Waals surface area contributed by atoms with Gasteiger partial charge in [-0.2, -0.15) is 4.31 Å². The van der Waals surface area contributed by atoms with E-state index in [2.05, 4.69) is 5.32 Å². The van der Waals surface area contributed by atoms with E-state index in [0.717, 1.165) is 0 Å². The minimum absolute atomic E-state index is 0.142. The second-order valence-corrected chi connectivity index (χ2v) is 7.88. The first-order valence-electron chi connectivity index (χ1n) is 7.72. The van der Waals surface area contributed by atoms with Crippen molar-refractivity contribution in [1.82, 2.24) is 4.31 Å². The molecule has 0 radical (unpaired) electrons. The van der Waals surface area contributed by atoms with Crippen molar-refractivity contribution in [3.05, 3.63) is 59.1 Å². The molecule has 2 aromatic carbocycles. The van der Waals surface area contributed by atoms with Gasteiger partial charge in [0.1, 0.15) is 0 Å². The molecule has 2 aromatic rings. The maximum atomic E-state index is 12.7. The molecule has 1 heterocycles. The van der Waals surface area contributed by atoms with Crippen LogP contribution in [0.5, 0.6) is 0 Å². The number of hydrogen-bond donors (Lipinski definition) is 1. The number of hydrogen-bond acceptors (Lipinski definition) is 4. The van der Waals surface area contributed by atoms with Gasteiger partial charge in [0.2, 0.25) is 10.0 Å². The third-order valence-corrected chi connectivity index (χ3v) is 5.95. The molecule has 25 heavy (non-hydrogen) atoms. The van der Waals surface area contributed by atoms with Gasteiger partial charge in [0.15, 0.2) is 0 Å². The molecule has 0 bridgehead atoms. The summed E-state index contributed by atoms with van der Waals surface area (Å²) < 4.78 is 31.9. The van der Waals surface area contributed by atoms with E-state index < -0.39 is 10.0 Å². The Bertz CT molecular complexity index is 862. The average Bonchev–Trinajstić information content (AvgIpc) is 2.63. The first kappa shape index (κ1) is 17.9. The molecule has 132 valence electrons. The zero-order valence-electron chi connectivity index (χ0n) is 13.3. The first-order chi connectivity index (χ1) is 12.0. The molecule has 0 aliphatic carbocycles. The number of carbonyl (C=O) groups excluding carboxylic acids is 1. The van der Waals surface area contributed by atoms with Gasteiger partial charge < -0.3 is 10.1 Å². The van der Waals surface area contributed by atoms with E-state index in [-0.39, 0.29) is 10.8 Å². The number of halogens is 1. The van der Waals surface area contributed by atoms with Gasteiger partial charge >= 0.3 is 0 Å². The molecule has 1 fully saturated rings. The fraction of sp³-hybridized carbons (Fsp3) is 0.235. The van der Waals surface area contributed by atoms with E-state index in [0.29, 0.717) is 42.6 Å². The van der Waals surface area contributed by atoms with Gasteiger partial charge in [-0.15, -0.1) is 0 Å². The standard InChI is InChI=1S/C17H17ClN2O4S/c18-14-6-4-13(5-7-14)17(21)19-15-2-1-3-16(12-15)25(22,23)20-8-10-24-11-9-20/h1-7,12H,8-11H2,(H,19,21). The highest BCUT2D eigenvalue weighted by atomic mass is 35.5. The Hall–Kier alpha value is -1.93. The highest BCUT2D eigenvalue weighted by molar-refractivity contribution is 7.89. The molecule has 3 rings (SSSR count). The van der Waals surface area contributed by atoms with Crippen LogP contribution in [0, 0.1) is 0 Å². The zero-order chi connectivity index (χ0) is 17.9. The molecule has 0 aromatic heterocycles. The lowest BCUT2D eigenvalue weighted by atomic mass is 10.2. The smallest absolute Gasteiger partial charge is 0.255 e. The van der Waals surface area contributed by atoms with Crippen LogP contribution in [0.3, 0.4) is 0 Å². The van der Waals surface area contributed by atoms with Crippen molar-refractivity contribution in [2.45, 2.75) is 4.90 Å². The summed E-state index contributed by atoms with van der Waals surface area (Å²) in [7, 11) is -3.61. The van der Waals surface area contributed by atoms with Crippen LogP contribution < -0.4 is 5.32 Å². The normalized spacial score (nSPS) is 15.7. The number of ether oxygens (including phenoxy) is 1. The SMILES string of the molecule is O=C(Nc1cccc(S(=O)(=O)N2CCOCC2)c1)c1ccc(Cl)cc1. The predicted octanol–water partition coefficient (Wildman–Crippen LogP) is 2.61. The van der Waals surface area contributed by atoms with Gasteiger partial charge in [-0.25, -0.2) is 8.42 Å². The second-order valence-electron chi connectivity index (χ2n) is 5.51. The highest BCUT2D eigenvalue weighted by Gasteiger charge is 2.26. The van der Waals surface area contributed by atoms with Crippen LogP contribution in [0.25, 0.3) is 0 Å². The van der Waals surface area contributed by atoms with Gasteiger partial charge in [-0.1, -0.05) is 17.7 Å². The number of sulfonamides is 1. The Labute approximate surface area is 151 Å². The molecule has 1 saturated heterocycles. The summed E-state index contributed by atoms with van der Waals surface area (Å²) in [6.07, 6.45) is 0. The van der Waals surface area contributed by atoms with Crippen LogP contribution in [0.4, 0.5) is 5.69 Å². The number of anilines is 1. The summed E-state index contributed by atoms with van der Waals surface area (Å²) in [4.78, 5) is 12.4. The van der Waals surface area contributed by atoms with Crippen LogP contribution >= 0.6 is 11.6 Å². The quantitative estimate of drug-likeness (QED) is 0.884. The molecule has 1 aliphatic rings. The molecule has 6 nitrogen and oxygen atoms in total. The number of amides is 1. The molecule has 0 atom stereocenters. The van der Waals surface area contributed by atoms with Crippen LogP contribution in [0.1, 0.15) is 10.4 Å². The van der Waals surface area contributed by atoms with E-state index in [9.17, 15) is 13.2 Å². The Balaban J connectivity index is 1.79. The number of nitrogens with one attached hydrogen (secondary N) is 1. The lowest BCUT2D eigenvalue weighted by Crippen LogP contribution is -2.40. The zero-order valence-corrected chi connectivity index (χ0v) is 14.9. The molecular weight excluding hydrogens is 364 g/mol. The van der Waals surface area contributed by atoms with Crippen molar-refractivity contribution in [3.63, 3.8) is 0 Å². The maximum absolute atomic E-state index is 12.7. The van der Waals surface area contributed by atoms with Crippen molar-refractivity contribution >= 4 is 33.2 Å². The number of rotatable bonds is 4. The summed E-state index contributed by atoms with van der Waals surface area (Å²) >= 11 is 5.81. The van der Waals surface area contributed by atoms with Crippen molar-refractivity contribution in [2.75, 3.05) is 31.6 Å². The summed E-state index contributed by atoms with van der Waals surface area (Å²) in [5.74, 6) is -0.336. The topological polar surface area (TPSA) is 75.7 Å². The number of carbonyl (C=O) groups is 1. The monoisotopic (exact) mass is 380 g/mol. The van der Waals surface area contributed by atoms with E-state index in [1.807, 2.05) is 0 Å². The van der Waals surface area contributed by atoms with E-state index in [4.69, 9.17) is 16.3 Å². The van der Waals surface area contributed by atoms with Gasteiger partial charge in [0, 0.05) is 29.4 Å². The Morgan fingerprint density at radius 2 is 1.76 bits per heavy atom. The van der Waals surface area contributed by atoms with Crippen LogP contribution in [0.15, 0.2) is 53.4 Å². The number of morpholine rings is 1. The predicted molar refractivity (Wildman–Crippen MR) is 95.4 cm³/mol. The van der Waals surface area contributed by atoms with E-state index >= 15 is 0 Å². The Morgan fingerprint density at radius 3 is 2.44 bits per heavy atom. The largest absolute Gasteiger partial charge is 0.379 e. The van der Waals surface area contributed by atoms with Crippen LogP contribution in [-0.2, 0) is 14.8 Å². The van der Waals surface area contributed by atoms with Crippen LogP contribution in [0.2, 0.25) is 5.02 Å². The molecule has 0 saturated carbocycles. The average molecular weight is 381 g/mol. The Morgan fingerprint density at radius 1 is 1.08 bits per heavy atom. The Kier molecular flexibility index (Phi) is 5.39. The molecule has 1 N–H and O–H groups in total. The van der Waals surface area contributed by atoms with Crippen molar-refractivity contribution in [2.24, 2.45) is 0 Å². The molecule has 1 amide bonds. The van der Waals surface area contributed by atoms with Gasteiger partial charge in [-0.05, 0) is 42.5 Å². The third kappa shape index (κ3) is 4.19. The minimum Gasteiger partial charge on any atom is -0.379 e. The van der Waals surface area contributed by atoms with Crippen molar-refractivity contribution in [3.8, 4) is 0 Å². The van der Waals surface area contributed by atoms with Crippen LogP contribution in [-0.4, -0.2) is 44.9 Å². The minimum atomic E-state index is -3.61. The lowest BCUT2D eigenvalue weighted by molar-refractivity contribution is 0.0730. The summed E-state index contributed by atoms with van der Waals surface area (Å²) in [5, 5.41) is 3.24. The summed E-state index contributed by atoms with van der Waals surface area (Å²) in [6, 6.07) is 12.7. The van der Waals surface area contributed by atoms with Gasteiger partial charge in [0.05, 0.1) is 18.1 Å². The van der Waals surface area contributed by atoms with E-state index in [1.165, 1.54) is 16.4 Å². The van der Waals surface area contributed by atoms with Gasteiger partial charge in [-0.3, -0.25) is 4.79 Å². The molecular formula is C17H17ClN2O4S. The highest BCUT2D eigenvalue weighted by Crippen LogP contribution is 2.21. The maximum Gasteiger partial charge on any atom is 0.255 e. The van der Waals surface area contributed by atoms with Crippen molar-refractivity contribution < 1.29 is 17.9 Å². The first-order valence-corrected chi connectivity index (χ1v) is 9.53. The second kappa shape index (κ2) is 7.53. The fourth-order valence-electron chi connectivity index (χ4n) is 2.47. The van der Waals surface area contributed by atoms with Gasteiger partial charge in [0.25, 0.3) is 5.91 Å². The fourth-order valence-corrected chi connectivity index (χ4v) is 4.06. The van der Waals surface area contributed by atoms with Crippen molar-refractivity contribution in [1.29, 1.82) is 0 Å². The lowest BCUT2D eigenvalue weighted by Gasteiger charge is -2.26. The number of nitrogens with zero attached hydrogens (tertiary/aromatic N) is 1. The molecule has 1 aliphatic heterocycles. The molecule has 0 spiro atoms. The summed E-state index contributed by atoms with van der Waals surface area (Å²) in [5.41, 5.74) is 0.847. The third-order valence-electron chi connectivity index (χ3n) is 3.81. The van der Waals surface area contributed by atoms with E-state index in [1.54, 1.807) is 36.4 Å². The number of benzene rings is 2. The molecule has 0 unspecified atom stereocenters. The summed E-state index contributed by atoms with van der Waals surface area (Å²) in [6.45, 7) is 1.41.